The van der Waals surface area contributed by atoms with Crippen molar-refractivity contribution >= 4 is 12.1 Å². The van der Waals surface area contributed by atoms with Crippen LogP contribution in [-0.4, -0.2) is 18.7 Å². The zero-order valence-corrected chi connectivity index (χ0v) is 18.2. The maximum absolute atomic E-state index is 11.5. The molecular weight excluding hydrogens is 352 g/mol. The van der Waals surface area contributed by atoms with Gasteiger partial charge in [0.05, 0.1) is 6.61 Å². The molecule has 0 aromatic heterocycles. The fourth-order valence-electron chi connectivity index (χ4n) is 2.44. The van der Waals surface area contributed by atoms with E-state index in [0.717, 1.165) is 57.8 Å². The lowest BCUT2D eigenvalue weighted by molar-refractivity contribution is -0.140. The Balaban J connectivity index is 3.44. The second kappa shape index (κ2) is 19.9. The van der Waals surface area contributed by atoms with Gasteiger partial charge in [0, 0.05) is 6.42 Å². The number of allylic oxidation sites excluding steroid dienone is 6. The van der Waals surface area contributed by atoms with Crippen LogP contribution >= 0.6 is 0 Å². The van der Waals surface area contributed by atoms with Crippen molar-refractivity contribution in [3.63, 3.8) is 0 Å². The standard InChI is InChI=1S/C24H40O4/c1-4-5-6-7-8-9-10-11-12-13-14-15-16-17-18-19-23(25)28-24(26)27-21-20-22(2)3/h5-6,8-9,11-12,22H,4,7,10,13-21H2,1-3H3/b6-5-,9-8-,12-11-. The van der Waals surface area contributed by atoms with Crippen LogP contribution < -0.4 is 0 Å². The molecule has 4 nitrogen and oxygen atoms in total. The summed E-state index contributed by atoms with van der Waals surface area (Å²) in [6, 6.07) is 0. The molecule has 0 aromatic rings. The Morgan fingerprint density at radius 2 is 1.43 bits per heavy atom. The summed E-state index contributed by atoms with van der Waals surface area (Å²) in [6.45, 7) is 6.53. The predicted octanol–water partition coefficient (Wildman–Crippen LogP) is 7.30. The van der Waals surface area contributed by atoms with Gasteiger partial charge in [-0.25, -0.2) is 4.79 Å². The zero-order chi connectivity index (χ0) is 20.9. The van der Waals surface area contributed by atoms with Crippen molar-refractivity contribution in [2.45, 2.75) is 91.4 Å². The van der Waals surface area contributed by atoms with Crippen molar-refractivity contribution in [3.8, 4) is 0 Å². The lowest BCUT2D eigenvalue weighted by Gasteiger charge is -2.06. The van der Waals surface area contributed by atoms with E-state index in [1.54, 1.807) is 0 Å². The molecule has 160 valence electrons. The van der Waals surface area contributed by atoms with Gasteiger partial charge in [0.1, 0.15) is 0 Å². The second-order valence-electron chi connectivity index (χ2n) is 7.36. The smallest absolute Gasteiger partial charge is 0.434 e. The van der Waals surface area contributed by atoms with E-state index in [1.807, 2.05) is 13.8 Å². The van der Waals surface area contributed by atoms with Crippen molar-refractivity contribution in [3.05, 3.63) is 36.5 Å². The van der Waals surface area contributed by atoms with E-state index in [4.69, 9.17) is 4.74 Å². The van der Waals surface area contributed by atoms with Crippen LogP contribution in [0.15, 0.2) is 36.5 Å². The number of hydrogen-bond acceptors (Lipinski definition) is 4. The van der Waals surface area contributed by atoms with Crippen LogP contribution in [0.2, 0.25) is 0 Å². The third-order valence-corrected chi connectivity index (χ3v) is 4.14. The van der Waals surface area contributed by atoms with Gasteiger partial charge in [0.2, 0.25) is 0 Å². The highest BCUT2D eigenvalue weighted by Crippen LogP contribution is 2.09. The van der Waals surface area contributed by atoms with Gasteiger partial charge in [-0.15, -0.1) is 0 Å². The predicted molar refractivity (Wildman–Crippen MR) is 116 cm³/mol. The van der Waals surface area contributed by atoms with Crippen LogP contribution in [0.5, 0.6) is 0 Å². The Hall–Kier alpha value is -1.84. The maximum Gasteiger partial charge on any atom is 0.516 e. The minimum atomic E-state index is -0.871. The van der Waals surface area contributed by atoms with E-state index in [1.165, 1.54) is 6.42 Å². The van der Waals surface area contributed by atoms with Crippen LogP contribution in [0.1, 0.15) is 91.4 Å². The van der Waals surface area contributed by atoms with E-state index < -0.39 is 12.1 Å². The van der Waals surface area contributed by atoms with Gasteiger partial charge >= 0.3 is 12.1 Å². The minimum absolute atomic E-state index is 0.277. The van der Waals surface area contributed by atoms with Crippen molar-refractivity contribution in [2.24, 2.45) is 5.92 Å². The molecule has 4 heteroatoms. The molecule has 0 atom stereocenters. The molecule has 0 aliphatic rings. The first kappa shape index (κ1) is 26.2. The summed E-state index contributed by atoms with van der Waals surface area (Å²) >= 11 is 0. The maximum atomic E-state index is 11.5. The first-order chi connectivity index (χ1) is 13.6. The number of unbranched alkanes of at least 4 members (excludes halogenated alkanes) is 5. The molecule has 0 fully saturated rings. The summed E-state index contributed by atoms with van der Waals surface area (Å²) in [5, 5.41) is 0. The topological polar surface area (TPSA) is 52.6 Å². The van der Waals surface area contributed by atoms with Crippen LogP contribution in [0, 0.1) is 5.92 Å². The summed E-state index contributed by atoms with van der Waals surface area (Å²) in [6.07, 6.45) is 22.8. The summed E-state index contributed by atoms with van der Waals surface area (Å²) in [7, 11) is 0. The molecule has 0 unspecified atom stereocenters. The molecule has 0 saturated heterocycles. The van der Waals surface area contributed by atoms with E-state index in [0.29, 0.717) is 12.5 Å². The first-order valence-electron chi connectivity index (χ1n) is 10.9. The summed E-state index contributed by atoms with van der Waals surface area (Å²) in [5.41, 5.74) is 0. The quantitative estimate of drug-likeness (QED) is 0.120. The number of rotatable bonds is 16. The Labute approximate surface area is 172 Å². The van der Waals surface area contributed by atoms with Gasteiger partial charge in [-0.1, -0.05) is 76.5 Å². The molecule has 0 radical (unpaired) electrons. The number of hydrogen-bond donors (Lipinski definition) is 0. The summed E-state index contributed by atoms with van der Waals surface area (Å²) in [4.78, 5) is 22.9. The molecule has 0 amide bonds. The van der Waals surface area contributed by atoms with Crippen molar-refractivity contribution < 1.29 is 19.1 Å². The minimum Gasteiger partial charge on any atom is -0.434 e. The lowest BCUT2D eigenvalue weighted by Crippen LogP contribution is -2.14. The monoisotopic (exact) mass is 392 g/mol. The van der Waals surface area contributed by atoms with E-state index in [-0.39, 0.29) is 6.42 Å². The molecule has 0 heterocycles. The molecule has 0 rings (SSSR count). The highest BCUT2D eigenvalue weighted by molar-refractivity contribution is 5.81. The molecular formula is C24H40O4. The van der Waals surface area contributed by atoms with E-state index in [2.05, 4.69) is 48.1 Å². The van der Waals surface area contributed by atoms with Crippen molar-refractivity contribution in [1.29, 1.82) is 0 Å². The third kappa shape index (κ3) is 20.5. The average Bonchev–Trinajstić information content (AvgIpc) is 2.64. The molecule has 0 bridgehead atoms. The summed E-state index contributed by atoms with van der Waals surface area (Å²) in [5.74, 6) is -0.0375. The zero-order valence-electron chi connectivity index (χ0n) is 18.2. The van der Waals surface area contributed by atoms with E-state index >= 15 is 0 Å². The van der Waals surface area contributed by atoms with Crippen molar-refractivity contribution in [1.82, 2.24) is 0 Å². The fraction of sp³-hybridized carbons (Fsp3) is 0.667. The normalized spacial score (nSPS) is 11.9. The molecule has 0 aliphatic heterocycles. The SMILES string of the molecule is CC/C=C\C/C=C\C/C=C\CCCCCCCC(=O)OC(=O)OCCC(C)C. The molecule has 0 N–H and O–H groups in total. The Bertz CT molecular complexity index is 475. The largest absolute Gasteiger partial charge is 0.516 e. The van der Waals surface area contributed by atoms with Gasteiger partial charge in [-0.05, 0) is 50.9 Å². The highest BCUT2D eigenvalue weighted by Gasteiger charge is 2.11. The molecule has 0 spiro atoms. The Morgan fingerprint density at radius 1 is 0.821 bits per heavy atom. The van der Waals surface area contributed by atoms with Gasteiger partial charge in [0.15, 0.2) is 0 Å². The second-order valence-corrected chi connectivity index (χ2v) is 7.36. The van der Waals surface area contributed by atoms with E-state index in [9.17, 15) is 9.59 Å². The number of esters is 1. The molecule has 0 saturated carbocycles. The van der Waals surface area contributed by atoms with Crippen LogP contribution in [0.4, 0.5) is 4.79 Å². The summed E-state index contributed by atoms with van der Waals surface area (Å²) < 4.78 is 9.49. The molecule has 0 aliphatic carbocycles. The van der Waals surface area contributed by atoms with Gasteiger partial charge < -0.3 is 9.47 Å². The molecule has 28 heavy (non-hydrogen) atoms. The Morgan fingerprint density at radius 3 is 2.11 bits per heavy atom. The fourth-order valence-corrected chi connectivity index (χ4v) is 2.44. The average molecular weight is 393 g/mol. The number of carbonyl (C=O) groups is 2. The van der Waals surface area contributed by atoms with Crippen LogP contribution in [-0.2, 0) is 14.3 Å². The van der Waals surface area contributed by atoms with Gasteiger partial charge in [-0.3, -0.25) is 4.79 Å². The molecule has 0 aromatic carbocycles. The third-order valence-electron chi connectivity index (χ3n) is 4.14. The van der Waals surface area contributed by atoms with Crippen LogP contribution in [0.25, 0.3) is 0 Å². The lowest BCUT2D eigenvalue weighted by atomic mass is 10.1. The highest BCUT2D eigenvalue weighted by atomic mass is 16.7. The number of carbonyl (C=O) groups excluding carboxylic acids is 2. The van der Waals surface area contributed by atoms with Crippen LogP contribution in [0.3, 0.4) is 0 Å². The van der Waals surface area contributed by atoms with Crippen molar-refractivity contribution in [2.75, 3.05) is 6.61 Å². The van der Waals surface area contributed by atoms with Gasteiger partial charge in [-0.2, -0.15) is 0 Å². The van der Waals surface area contributed by atoms with Gasteiger partial charge in [0.25, 0.3) is 0 Å². The first-order valence-corrected chi connectivity index (χ1v) is 10.9. The number of ether oxygens (including phenoxy) is 2. The Kier molecular flexibility index (Phi) is 18.6.